The van der Waals surface area contributed by atoms with Gasteiger partial charge in [0.25, 0.3) is 0 Å². The van der Waals surface area contributed by atoms with Crippen LogP contribution in [0.4, 0.5) is 0 Å². The number of carbonyl (C=O) groups is 2. The van der Waals surface area contributed by atoms with Crippen LogP contribution in [0, 0.1) is 17.3 Å². The summed E-state index contributed by atoms with van der Waals surface area (Å²) in [7, 11) is 1.60. The van der Waals surface area contributed by atoms with E-state index >= 15 is 0 Å². The van der Waals surface area contributed by atoms with Crippen LogP contribution < -0.4 is 4.74 Å². The van der Waals surface area contributed by atoms with E-state index in [0.29, 0.717) is 28.9 Å². The SMILES string of the molecule is COc1ccc2nc(C(=O)C(C)(C)C)n(CC(=O)N(CCC(C)C)CCC(C)C)c2c1. The van der Waals surface area contributed by atoms with E-state index in [2.05, 4.69) is 32.7 Å². The molecule has 2 aromatic rings. The summed E-state index contributed by atoms with van der Waals surface area (Å²) in [6.45, 7) is 15.8. The maximum Gasteiger partial charge on any atom is 0.242 e. The Labute approximate surface area is 187 Å². The van der Waals surface area contributed by atoms with Crippen molar-refractivity contribution >= 4 is 22.7 Å². The third kappa shape index (κ3) is 6.55. The molecule has 31 heavy (non-hydrogen) atoms. The molecule has 1 amide bonds. The second-order valence-electron chi connectivity index (χ2n) is 10.2. The summed E-state index contributed by atoms with van der Waals surface area (Å²) in [5.74, 6) is 1.98. The number of aromatic nitrogens is 2. The number of Topliss-reactive ketones (excluding diaryl/α,β-unsaturated/α-hetero) is 1. The predicted molar refractivity (Wildman–Crippen MR) is 126 cm³/mol. The minimum Gasteiger partial charge on any atom is -0.497 e. The lowest BCUT2D eigenvalue weighted by Crippen LogP contribution is -2.37. The summed E-state index contributed by atoms with van der Waals surface area (Å²) in [5, 5.41) is 0. The van der Waals surface area contributed by atoms with Crippen LogP contribution in [0.3, 0.4) is 0 Å². The lowest BCUT2D eigenvalue weighted by atomic mass is 9.90. The molecule has 0 bridgehead atoms. The van der Waals surface area contributed by atoms with E-state index in [1.807, 2.05) is 43.9 Å². The highest BCUT2D eigenvalue weighted by atomic mass is 16.5. The Morgan fingerprint density at radius 3 is 2.13 bits per heavy atom. The Hall–Kier alpha value is -2.37. The average molecular weight is 430 g/mol. The highest BCUT2D eigenvalue weighted by Crippen LogP contribution is 2.27. The number of fused-ring (bicyclic) bond motifs is 1. The van der Waals surface area contributed by atoms with Crippen molar-refractivity contribution in [3.8, 4) is 5.75 Å². The Balaban J connectivity index is 2.45. The molecule has 0 atom stereocenters. The molecule has 1 aromatic carbocycles. The highest BCUT2D eigenvalue weighted by Gasteiger charge is 2.30. The molecule has 0 unspecified atom stereocenters. The molecule has 0 N–H and O–H groups in total. The summed E-state index contributed by atoms with van der Waals surface area (Å²) >= 11 is 0. The monoisotopic (exact) mass is 429 g/mol. The van der Waals surface area contributed by atoms with Gasteiger partial charge in [0.1, 0.15) is 12.3 Å². The van der Waals surface area contributed by atoms with Gasteiger partial charge in [-0.1, -0.05) is 48.5 Å². The van der Waals surface area contributed by atoms with Crippen molar-refractivity contribution in [1.29, 1.82) is 0 Å². The summed E-state index contributed by atoms with van der Waals surface area (Å²) in [6.07, 6.45) is 1.91. The van der Waals surface area contributed by atoms with E-state index in [9.17, 15) is 9.59 Å². The van der Waals surface area contributed by atoms with Crippen molar-refractivity contribution in [2.24, 2.45) is 17.3 Å². The summed E-state index contributed by atoms with van der Waals surface area (Å²) in [5.41, 5.74) is 0.839. The molecule has 1 heterocycles. The van der Waals surface area contributed by atoms with E-state index in [1.54, 1.807) is 11.7 Å². The Bertz CT molecular complexity index is 895. The predicted octanol–water partition coefficient (Wildman–Crippen LogP) is 5.19. The third-order valence-corrected chi connectivity index (χ3v) is 5.44. The van der Waals surface area contributed by atoms with Crippen molar-refractivity contribution in [3.63, 3.8) is 0 Å². The van der Waals surface area contributed by atoms with Crippen LogP contribution >= 0.6 is 0 Å². The molecule has 0 aliphatic rings. The largest absolute Gasteiger partial charge is 0.497 e. The summed E-state index contributed by atoms with van der Waals surface area (Å²) in [4.78, 5) is 33.1. The van der Waals surface area contributed by atoms with E-state index in [4.69, 9.17) is 4.74 Å². The quantitative estimate of drug-likeness (QED) is 0.487. The van der Waals surface area contributed by atoms with Gasteiger partial charge in [0.05, 0.1) is 18.1 Å². The number of ether oxygens (including phenoxy) is 1. The first-order chi connectivity index (χ1) is 14.4. The van der Waals surface area contributed by atoms with E-state index in [1.165, 1.54) is 0 Å². The molecule has 1 aromatic heterocycles. The average Bonchev–Trinajstić information content (AvgIpc) is 3.03. The molecule has 0 saturated carbocycles. The maximum atomic E-state index is 13.4. The molecule has 0 saturated heterocycles. The van der Waals surface area contributed by atoms with Crippen molar-refractivity contribution in [2.75, 3.05) is 20.2 Å². The molecule has 0 fully saturated rings. The zero-order chi connectivity index (χ0) is 23.3. The number of rotatable bonds is 10. The minimum atomic E-state index is -0.596. The lowest BCUT2D eigenvalue weighted by molar-refractivity contribution is -0.132. The van der Waals surface area contributed by atoms with Crippen LogP contribution in [0.2, 0.25) is 0 Å². The second-order valence-corrected chi connectivity index (χ2v) is 10.2. The van der Waals surface area contributed by atoms with Gasteiger partial charge in [-0.3, -0.25) is 9.59 Å². The van der Waals surface area contributed by atoms with Crippen LogP contribution in [-0.2, 0) is 11.3 Å². The van der Waals surface area contributed by atoms with E-state index in [-0.39, 0.29) is 18.2 Å². The topological polar surface area (TPSA) is 64.4 Å². The fourth-order valence-electron chi connectivity index (χ4n) is 3.32. The number of methoxy groups -OCH3 is 1. The summed E-state index contributed by atoms with van der Waals surface area (Å²) in [6, 6.07) is 5.51. The van der Waals surface area contributed by atoms with Crippen molar-refractivity contribution < 1.29 is 14.3 Å². The minimum absolute atomic E-state index is 0.0198. The van der Waals surface area contributed by atoms with Gasteiger partial charge in [-0.2, -0.15) is 0 Å². The lowest BCUT2D eigenvalue weighted by Gasteiger charge is -2.25. The highest BCUT2D eigenvalue weighted by molar-refractivity contribution is 6.00. The zero-order valence-electron chi connectivity index (χ0n) is 20.5. The van der Waals surface area contributed by atoms with Crippen LogP contribution in [0.15, 0.2) is 18.2 Å². The van der Waals surface area contributed by atoms with Gasteiger partial charge in [-0.25, -0.2) is 4.98 Å². The van der Waals surface area contributed by atoms with Crippen LogP contribution in [0.25, 0.3) is 11.0 Å². The smallest absolute Gasteiger partial charge is 0.242 e. The molecule has 6 heteroatoms. The van der Waals surface area contributed by atoms with Gasteiger partial charge in [-0.05, 0) is 36.8 Å². The Kier molecular flexibility index (Phi) is 8.27. The molecular weight excluding hydrogens is 390 g/mol. The first kappa shape index (κ1) is 24.9. The van der Waals surface area contributed by atoms with Gasteiger partial charge < -0.3 is 14.2 Å². The van der Waals surface area contributed by atoms with Gasteiger partial charge >= 0.3 is 0 Å². The molecule has 0 aliphatic heterocycles. The Morgan fingerprint density at radius 1 is 1.06 bits per heavy atom. The summed E-state index contributed by atoms with van der Waals surface area (Å²) < 4.78 is 7.14. The van der Waals surface area contributed by atoms with Gasteiger partial charge in [0.15, 0.2) is 5.82 Å². The number of imidazole rings is 1. The van der Waals surface area contributed by atoms with Gasteiger partial charge in [0, 0.05) is 24.6 Å². The molecule has 0 aliphatic carbocycles. The van der Waals surface area contributed by atoms with Crippen molar-refractivity contribution in [2.45, 2.75) is 67.9 Å². The van der Waals surface area contributed by atoms with Crippen LogP contribution in [-0.4, -0.2) is 46.3 Å². The number of ketones is 1. The maximum absolute atomic E-state index is 13.4. The zero-order valence-corrected chi connectivity index (χ0v) is 20.5. The third-order valence-electron chi connectivity index (χ3n) is 5.44. The molecule has 2 rings (SSSR count). The standard InChI is InChI=1S/C25H39N3O3/c1-17(2)11-13-27(14-12-18(3)4)22(29)16-28-21-15-19(31-8)9-10-20(21)26-24(28)23(30)25(5,6)7/h9-10,15,17-18H,11-14,16H2,1-8H3. The van der Waals surface area contributed by atoms with Crippen molar-refractivity contribution in [1.82, 2.24) is 14.5 Å². The van der Waals surface area contributed by atoms with E-state index < -0.39 is 5.41 Å². The van der Waals surface area contributed by atoms with Crippen molar-refractivity contribution in [3.05, 3.63) is 24.0 Å². The number of benzene rings is 1. The number of amides is 1. The molecular formula is C25H39N3O3. The molecule has 6 nitrogen and oxygen atoms in total. The number of nitrogens with zero attached hydrogens (tertiary/aromatic N) is 3. The van der Waals surface area contributed by atoms with Gasteiger partial charge in [-0.15, -0.1) is 0 Å². The van der Waals surface area contributed by atoms with E-state index in [0.717, 1.165) is 31.4 Å². The first-order valence-corrected chi connectivity index (χ1v) is 11.3. The Morgan fingerprint density at radius 2 is 1.65 bits per heavy atom. The molecule has 172 valence electrons. The van der Waals surface area contributed by atoms with Crippen LogP contribution in [0.5, 0.6) is 5.75 Å². The fraction of sp³-hybridized carbons (Fsp3) is 0.640. The van der Waals surface area contributed by atoms with Crippen LogP contribution in [0.1, 0.15) is 71.9 Å². The molecule has 0 spiro atoms. The fourth-order valence-corrected chi connectivity index (χ4v) is 3.32. The normalized spacial score (nSPS) is 12.1. The van der Waals surface area contributed by atoms with Gasteiger partial charge in [0.2, 0.25) is 11.7 Å². The number of hydrogen-bond donors (Lipinski definition) is 0. The number of carbonyl (C=O) groups excluding carboxylic acids is 2. The number of hydrogen-bond acceptors (Lipinski definition) is 4. The molecule has 0 radical (unpaired) electrons. The second kappa shape index (κ2) is 10.3. The first-order valence-electron chi connectivity index (χ1n) is 11.3.